The second kappa shape index (κ2) is 7.08. The molecule has 1 aliphatic heterocycles. The molecule has 2 N–H and O–H groups in total. The first-order valence-corrected chi connectivity index (χ1v) is 8.18. The van der Waals surface area contributed by atoms with Crippen molar-refractivity contribution >= 4 is 5.91 Å². The number of rotatable bonds is 5. The van der Waals surface area contributed by atoms with Gasteiger partial charge in [0.15, 0.2) is 0 Å². The van der Waals surface area contributed by atoms with Gasteiger partial charge in [0.2, 0.25) is 5.91 Å². The molecule has 3 nitrogen and oxygen atoms in total. The van der Waals surface area contributed by atoms with Crippen molar-refractivity contribution < 1.29 is 4.79 Å². The van der Waals surface area contributed by atoms with Crippen LogP contribution in [-0.4, -0.2) is 23.9 Å². The molecule has 0 aliphatic carbocycles. The maximum absolute atomic E-state index is 12.5. The van der Waals surface area contributed by atoms with Crippen LogP contribution in [0.2, 0.25) is 0 Å². The Kier molecular flexibility index (Phi) is 5.40. The van der Waals surface area contributed by atoms with Gasteiger partial charge in [-0.05, 0) is 29.4 Å². The molecule has 0 spiro atoms. The van der Waals surface area contributed by atoms with Crippen LogP contribution in [0.4, 0.5) is 0 Å². The highest BCUT2D eigenvalue weighted by molar-refractivity contribution is 5.79. The summed E-state index contributed by atoms with van der Waals surface area (Å²) in [6.45, 7) is 6.87. The van der Waals surface area contributed by atoms with Crippen molar-refractivity contribution in [2.24, 2.45) is 11.1 Å². The van der Waals surface area contributed by atoms with E-state index in [1.165, 1.54) is 12.8 Å². The normalized spacial score (nSPS) is 17.8. The van der Waals surface area contributed by atoms with E-state index < -0.39 is 0 Å². The van der Waals surface area contributed by atoms with Gasteiger partial charge in [0.25, 0.3) is 0 Å². The van der Waals surface area contributed by atoms with Gasteiger partial charge in [-0.25, -0.2) is 0 Å². The lowest BCUT2D eigenvalue weighted by molar-refractivity contribution is -0.132. The average molecular weight is 288 g/mol. The zero-order valence-electron chi connectivity index (χ0n) is 13.4. The Hall–Kier alpha value is -1.35. The largest absolute Gasteiger partial charge is 0.342 e. The molecule has 1 heterocycles. The molecular weight excluding hydrogens is 260 g/mol. The first-order chi connectivity index (χ1) is 10.1. The van der Waals surface area contributed by atoms with Crippen molar-refractivity contribution in [2.45, 2.75) is 52.5 Å². The van der Waals surface area contributed by atoms with Gasteiger partial charge >= 0.3 is 0 Å². The lowest BCUT2D eigenvalue weighted by Gasteiger charge is -2.41. The molecule has 1 amide bonds. The summed E-state index contributed by atoms with van der Waals surface area (Å²) in [6.07, 6.45) is 5.22. The molecule has 1 fully saturated rings. The third-order valence-electron chi connectivity index (χ3n) is 5.36. The number of nitrogens with two attached hydrogens (primary N) is 1. The highest BCUT2D eigenvalue weighted by atomic mass is 16.2. The maximum Gasteiger partial charge on any atom is 0.227 e. The number of nitrogens with zero attached hydrogens (tertiary/aromatic N) is 1. The number of benzene rings is 1. The van der Waals surface area contributed by atoms with Crippen LogP contribution in [0, 0.1) is 5.41 Å². The minimum Gasteiger partial charge on any atom is -0.342 e. The van der Waals surface area contributed by atoms with Crippen molar-refractivity contribution in [1.29, 1.82) is 0 Å². The maximum atomic E-state index is 12.5. The summed E-state index contributed by atoms with van der Waals surface area (Å²) >= 11 is 0. The first kappa shape index (κ1) is 16.0. The minimum absolute atomic E-state index is 0.247. The van der Waals surface area contributed by atoms with Crippen LogP contribution >= 0.6 is 0 Å². The third kappa shape index (κ3) is 3.65. The molecule has 0 saturated carbocycles. The molecule has 0 atom stereocenters. The molecule has 0 radical (unpaired) electrons. The lowest BCUT2D eigenvalue weighted by atomic mass is 9.74. The third-order valence-corrected chi connectivity index (χ3v) is 5.36. The van der Waals surface area contributed by atoms with Crippen molar-refractivity contribution in [1.82, 2.24) is 4.90 Å². The number of amides is 1. The molecule has 1 aliphatic rings. The van der Waals surface area contributed by atoms with Gasteiger partial charge in [-0.2, -0.15) is 0 Å². The molecule has 0 bridgehead atoms. The summed E-state index contributed by atoms with van der Waals surface area (Å²) in [5.41, 5.74) is 8.38. The molecule has 0 aromatic heterocycles. The number of hydrogen-bond acceptors (Lipinski definition) is 2. The molecule has 3 heteroatoms. The molecule has 0 unspecified atom stereocenters. The molecule has 2 rings (SSSR count). The Morgan fingerprint density at radius 3 is 2.24 bits per heavy atom. The number of carbonyl (C=O) groups excluding carboxylic acids is 1. The lowest BCUT2D eigenvalue weighted by Crippen LogP contribution is -2.43. The zero-order valence-corrected chi connectivity index (χ0v) is 13.4. The molecular formula is C18H28N2O. The van der Waals surface area contributed by atoms with E-state index in [0.717, 1.165) is 37.1 Å². The van der Waals surface area contributed by atoms with Gasteiger partial charge < -0.3 is 10.6 Å². The van der Waals surface area contributed by atoms with E-state index in [1.54, 1.807) is 0 Å². The predicted molar refractivity (Wildman–Crippen MR) is 86.9 cm³/mol. The van der Waals surface area contributed by atoms with E-state index in [-0.39, 0.29) is 5.91 Å². The second-order valence-electron chi connectivity index (χ2n) is 6.24. The molecule has 1 aromatic carbocycles. The summed E-state index contributed by atoms with van der Waals surface area (Å²) in [4.78, 5) is 14.5. The van der Waals surface area contributed by atoms with Crippen molar-refractivity contribution in [2.75, 3.05) is 13.1 Å². The first-order valence-electron chi connectivity index (χ1n) is 8.18. The van der Waals surface area contributed by atoms with E-state index >= 15 is 0 Å². The standard InChI is InChI=1S/C18H28N2O/c1-3-18(4-2)9-11-20(12-10-18)17(21)13-15-7-5-6-8-16(15)14-19/h5-8H,3-4,9-14,19H2,1-2H3. The van der Waals surface area contributed by atoms with Gasteiger partial charge in [-0.15, -0.1) is 0 Å². The van der Waals surface area contributed by atoms with Crippen LogP contribution in [-0.2, 0) is 17.8 Å². The Morgan fingerprint density at radius 1 is 1.14 bits per heavy atom. The smallest absolute Gasteiger partial charge is 0.227 e. The number of carbonyl (C=O) groups is 1. The monoisotopic (exact) mass is 288 g/mol. The van der Waals surface area contributed by atoms with Crippen LogP contribution in [0.3, 0.4) is 0 Å². The fourth-order valence-corrected chi connectivity index (χ4v) is 3.39. The highest BCUT2D eigenvalue weighted by Gasteiger charge is 2.32. The number of likely N-dealkylation sites (tertiary alicyclic amines) is 1. The predicted octanol–water partition coefficient (Wildman–Crippen LogP) is 3.12. The zero-order chi connectivity index (χ0) is 15.3. The minimum atomic E-state index is 0.247. The van der Waals surface area contributed by atoms with Crippen LogP contribution in [0.5, 0.6) is 0 Å². The van der Waals surface area contributed by atoms with Gasteiger partial charge in [0.05, 0.1) is 6.42 Å². The highest BCUT2D eigenvalue weighted by Crippen LogP contribution is 2.37. The topological polar surface area (TPSA) is 46.3 Å². The van der Waals surface area contributed by atoms with Gasteiger partial charge in [0, 0.05) is 19.6 Å². The van der Waals surface area contributed by atoms with E-state index in [9.17, 15) is 4.79 Å². The van der Waals surface area contributed by atoms with Gasteiger partial charge in [0.1, 0.15) is 0 Å². The van der Waals surface area contributed by atoms with Crippen LogP contribution < -0.4 is 5.73 Å². The summed E-state index contributed by atoms with van der Waals surface area (Å²) in [5, 5.41) is 0. The SMILES string of the molecule is CCC1(CC)CCN(C(=O)Cc2ccccc2CN)CC1. The Labute approximate surface area is 128 Å². The molecule has 1 saturated heterocycles. The van der Waals surface area contributed by atoms with E-state index in [4.69, 9.17) is 5.73 Å². The summed E-state index contributed by atoms with van der Waals surface area (Å²) in [6, 6.07) is 8.00. The van der Waals surface area contributed by atoms with Crippen molar-refractivity contribution in [3.8, 4) is 0 Å². The second-order valence-corrected chi connectivity index (χ2v) is 6.24. The average Bonchev–Trinajstić information content (AvgIpc) is 2.55. The van der Waals surface area contributed by atoms with Gasteiger partial charge in [-0.1, -0.05) is 51.0 Å². The number of hydrogen-bond donors (Lipinski definition) is 1. The van der Waals surface area contributed by atoms with Crippen molar-refractivity contribution in [3.05, 3.63) is 35.4 Å². The quantitative estimate of drug-likeness (QED) is 0.905. The van der Waals surface area contributed by atoms with Crippen LogP contribution in [0.25, 0.3) is 0 Å². The summed E-state index contributed by atoms with van der Waals surface area (Å²) in [5.74, 6) is 0.247. The Morgan fingerprint density at radius 2 is 1.71 bits per heavy atom. The van der Waals surface area contributed by atoms with Crippen molar-refractivity contribution in [3.63, 3.8) is 0 Å². The number of piperidine rings is 1. The Balaban J connectivity index is 1.96. The van der Waals surface area contributed by atoms with Crippen LogP contribution in [0.1, 0.15) is 50.7 Å². The van der Waals surface area contributed by atoms with Gasteiger partial charge in [-0.3, -0.25) is 4.79 Å². The summed E-state index contributed by atoms with van der Waals surface area (Å²) < 4.78 is 0. The van der Waals surface area contributed by atoms with E-state index in [0.29, 0.717) is 18.4 Å². The molecule has 1 aromatic rings. The van der Waals surface area contributed by atoms with Crippen LogP contribution in [0.15, 0.2) is 24.3 Å². The Bertz CT molecular complexity index is 470. The van der Waals surface area contributed by atoms with E-state index in [1.807, 2.05) is 29.2 Å². The molecule has 21 heavy (non-hydrogen) atoms. The fourth-order valence-electron chi connectivity index (χ4n) is 3.39. The van der Waals surface area contributed by atoms with E-state index in [2.05, 4.69) is 13.8 Å². The summed E-state index contributed by atoms with van der Waals surface area (Å²) in [7, 11) is 0. The fraction of sp³-hybridized carbons (Fsp3) is 0.611. The molecule has 116 valence electrons.